The van der Waals surface area contributed by atoms with Crippen molar-refractivity contribution in [2.24, 2.45) is 0 Å². The van der Waals surface area contributed by atoms with E-state index in [2.05, 4.69) is 0 Å². The quantitative estimate of drug-likeness (QED) is 0.436. The van der Waals surface area contributed by atoms with Crippen molar-refractivity contribution >= 4 is 34.6 Å². The van der Waals surface area contributed by atoms with Gasteiger partial charge in [-0.2, -0.15) is 0 Å². The molecule has 0 saturated carbocycles. The number of nitrogen functional groups attached to an aromatic ring is 1. The van der Waals surface area contributed by atoms with Gasteiger partial charge in [-0.1, -0.05) is 23.2 Å². The van der Waals surface area contributed by atoms with Gasteiger partial charge in [0.25, 0.3) is 5.69 Å². The molecular formula is C6H4Cl2N2O2. The number of anilines is 1. The molecule has 6 heteroatoms. The first-order chi connectivity index (χ1) is 5.54. The van der Waals surface area contributed by atoms with Crippen molar-refractivity contribution in [2.75, 3.05) is 5.73 Å². The molecule has 0 bridgehead atoms. The number of hydrogen-bond donors (Lipinski definition) is 1. The van der Waals surface area contributed by atoms with Crippen LogP contribution >= 0.6 is 23.2 Å². The lowest BCUT2D eigenvalue weighted by atomic mass is 10.3. The molecule has 4 nitrogen and oxygen atoms in total. The Kier molecular flexibility index (Phi) is 2.40. The van der Waals surface area contributed by atoms with E-state index >= 15 is 0 Å². The molecule has 1 rings (SSSR count). The van der Waals surface area contributed by atoms with Crippen molar-refractivity contribution in [3.63, 3.8) is 0 Å². The van der Waals surface area contributed by atoms with Gasteiger partial charge >= 0.3 is 0 Å². The highest BCUT2D eigenvalue weighted by Gasteiger charge is 2.16. The Hall–Kier alpha value is -1.00. The molecule has 0 aliphatic heterocycles. The molecule has 1 aromatic rings. The van der Waals surface area contributed by atoms with Gasteiger partial charge in [-0.25, -0.2) is 0 Å². The molecule has 0 aliphatic carbocycles. The van der Waals surface area contributed by atoms with Gasteiger partial charge in [0.15, 0.2) is 0 Å². The Morgan fingerprint density at radius 2 is 1.92 bits per heavy atom. The van der Waals surface area contributed by atoms with Crippen molar-refractivity contribution in [1.29, 1.82) is 0 Å². The van der Waals surface area contributed by atoms with E-state index in [1.165, 1.54) is 12.1 Å². The van der Waals surface area contributed by atoms with Crippen molar-refractivity contribution in [1.82, 2.24) is 0 Å². The van der Waals surface area contributed by atoms with Crippen LogP contribution in [0.25, 0.3) is 0 Å². The van der Waals surface area contributed by atoms with Crippen molar-refractivity contribution in [3.05, 3.63) is 32.3 Å². The Bertz CT molecular complexity index is 341. The van der Waals surface area contributed by atoms with Crippen LogP contribution in [0.2, 0.25) is 10.0 Å². The Morgan fingerprint density at radius 3 is 2.42 bits per heavy atom. The highest BCUT2D eigenvalue weighted by atomic mass is 35.5. The first-order valence-corrected chi connectivity index (χ1v) is 3.67. The molecule has 0 aliphatic rings. The van der Waals surface area contributed by atoms with Crippen LogP contribution in [0.4, 0.5) is 11.4 Å². The zero-order valence-corrected chi connectivity index (χ0v) is 7.26. The lowest BCUT2D eigenvalue weighted by molar-refractivity contribution is -0.384. The van der Waals surface area contributed by atoms with Gasteiger partial charge in [0, 0.05) is 6.07 Å². The van der Waals surface area contributed by atoms with Crippen molar-refractivity contribution in [3.8, 4) is 0 Å². The molecule has 64 valence electrons. The summed E-state index contributed by atoms with van der Waals surface area (Å²) in [4.78, 5) is 9.69. The molecule has 0 unspecified atom stereocenters. The van der Waals surface area contributed by atoms with Crippen LogP contribution in [0.1, 0.15) is 0 Å². The molecule has 0 atom stereocenters. The minimum absolute atomic E-state index is 0.0193. The van der Waals surface area contributed by atoms with Crippen LogP contribution in [-0.2, 0) is 0 Å². The smallest absolute Gasteiger partial charge is 0.289 e. The van der Waals surface area contributed by atoms with Gasteiger partial charge in [-0.05, 0) is 6.07 Å². The van der Waals surface area contributed by atoms with Crippen molar-refractivity contribution in [2.45, 2.75) is 0 Å². The minimum atomic E-state index is -0.617. The highest BCUT2D eigenvalue weighted by molar-refractivity contribution is 6.44. The third-order valence-corrected chi connectivity index (χ3v) is 2.18. The zero-order chi connectivity index (χ0) is 9.30. The predicted molar refractivity (Wildman–Crippen MR) is 47.5 cm³/mol. The summed E-state index contributed by atoms with van der Waals surface area (Å²) in [6.07, 6.45) is 0. The van der Waals surface area contributed by atoms with Crippen LogP contribution in [0.5, 0.6) is 0 Å². The van der Waals surface area contributed by atoms with E-state index in [0.717, 1.165) is 0 Å². The van der Waals surface area contributed by atoms with Gasteiger partial charge < -0.3 is 5.73 Å². The molecule has 0 heterocycles. The van der Waals surface area contributed by atoms with E-state index in [-0.39, 0.29) is 21.4 Å². The van der Waals surface area contributed by atoms with Crippen LogP contribution in [-0.4, -0.2) is 4.92 Å². The van der Waals surface area contributed by atoms with E-state index in [0.29, 0.717) is 0 Å². The fourth-order valence-electron chi connectivity index (χ4n) is 0.695. The summed E-state index contributed by atoms with van der Waals surface area (Å²) >= 11 is 11.1. The average Bonchev–Trinajstić information content (AvgIpc) is 2.00. The van der Waals surface area contributed by atoms with E-state index < -0.39 is 4.92 Å². The maximum absolute atomic E-state index is 10.3. The standard InChI is InChI=1S/C6H4Cl2N2O2/c7-5-3(9)1-2-4(6(5)8)10(11)12/h1-2H,9H2. The number of hydrogen-bond acceptors (Lipinski definition) is 3. The number of benzene rings is 1. The van der Waals surface area contributed by atoms with E-state index in [4.69, 9.17) is 28.9 Å². The molecule has 12 heavy (non-hydrogen) atoms. The molecule has 2 N–H and O–H groups in total. The van der Waals surface area contributed by atoms with Gasteiger partial charge in [0.2, 0.25) is 0 Å². The Morgan fingerprint density at radius 1 is 1.33 bits per heavy atom. The van der Waals surface area contributed by atoms with Gasteiger partial charge in [0.05, 0.1) is 15.6 Å². The Balaban J connectivity index is 3.36. The summed E-state index contributed by atoms with van der Waals surface area (Å²) in [6, 6.07) is 2.55. The molecule has 0 radical (unpaired) electrons. The summed E-state index contributed by atoms with van der Waals surface area (Å²) < 4.78 is 0. The summed E-state index contributed by atoms with van der Waals surface area (Å²) in [6.45, 7) is 0. The molecule has 0 amide bonds. The summed E-state index contributed by atoms with van der Waals surface area (Å²) in [7, 11) is 0. The van der Waals surface area contributed by atoms with Crippen LogP contribution in [0.15, 0.2) is 12.1 Å². The van der Waals surface area contributed by atoms with Crippen LogP contribution in [0.3, 0.4) is 0 Å². The molecular weight excluding hydrogens is 203 g/mol. The maximum Gasteiger partial charge on any atom is 0.289 e. The summed E-state index contributed by atoms with van der Waals surface area (Å²) in [5.41, 5.74) is 5.34. The fraction of sp³-hybridized carbons (Fsp3) is 0. The first kappa shape index (κ1) is 9.09. The predicted octanol–water partition coefficient (Wildman–Crippen LogP) is 2.48. The maximum atomic E-state index is 10.3. The number of rotatable bonds is 1. The number of nitro benzene ring substituents is 1. The highest BCUT2D eigenvalue weighted by Crippen LogP contribution is 2.35. The topological polar surface area (TPSA) is 69.2 Å². The summed E-state index contributed by atoms with van der Waals surface area (Å²) in [5, 5.41) is 10.2. The van der Waals surface area contributed by atoms with E-state index in [9.17, 15) is 10.1 Å². The van der Waals surface area contributed by atoms with Gasteiger partial charge in [0.1, 0.15) is 5.02 Å². The minimum Gasteiger partial charge on any atom is -0.397 e. The molecule has 0 aromatic heterocycles. The number of halogens is 2. The number of nitrogens with two attached hydrogens (primary N) is 1. The number of nitro groups is 1. The van der Waals surface area contributed by atoms with Gasteiger partial charge in [-0.3, -0.25) is 10.1 Å². The van der Waals surface area contributed by atoms with Gasteiger partial charge in [-0.15, -0.1) is 0 Å². The zero-order valence-electron chi connectivity index (χ0n) is 5.75. The molecule has 0 spiro atoms. The largest absolute Gasteiger partial charge is 0.397 e. The number of nitrogens with zero attached hydrogens (tertiary/aromatic N) is 1. The molecule has 0 saturated heterocycles. The first-order valence-electron chi connectivity index (χ1n) is 2.92. The molecule has 1 aromatic carbocycles. The van der Waals surface area contributed by atoms with Crippen molar-refractivity contribution < 1.29 is 4.92 Å². The second kappa shape index (κ2) is 3.16. The Labute approximate surface area is 78.0 Å². The third kappa shape index (κ3) is 1.44. The lowest BCUT2D eigenvalue weighted by Gasteiger charge is -1.99. The van der Waals surface area contributed by atoms with E-state index in [1.54, 1.807) is 0 Å². The second-order valence-corrected chi connectivity index (χ2v) is 2.81. The van der Waals surface area contributed by atoms with Crippen LogP contribution < -0.4 is 5.73 Å². The molecule has 0 fully saturated rings. The van der Waals surface area contributed by atoms with Crippen LogP contribution in [0, 0.1) is 10.1 Å². The normalized spacial score (nSPS) is 9.83. The lowest BCUT2D eigenvalue weighted by Crippen LogP contribution is -1.92. The monoisotopic (exact) mass is 206 g/mol. The van der Waals surface area contributed by atoms with E-state index in [1.807, 2.05) is 0 Å². The summed E-state index contributed by atoms with van der Waals surface area (Å²) in [5.74, 6) is 0. The fourth-order valence-corrected chi connectivity index (χ4v) is 1.10. The third-order valence-electron chi connectivity index (χ3n) is 1.29. The second-order valence-electron chi connectivity index (χ2n) is 2.06. The SMILES string of the molecule is Nc1ccc([N+](=O)[O-])c(Cl)c1Cl. The average molecular weight is 207 g/mol.